The van der Waals surface area contributed by atoms with E-state index in [2.05, 4.69) is 74.0 Å². The smallest absolute Gasteiger partial charge is 0.261 e. The van der Waals surface area contributed by atoms with Crippen LogP contribution in [-0.2, 0) is 15.8 Å². The summed E-state index contributed by atoms with van der Waals surface area (Å²) in [4.78, 5) is 0. The molecule has 1 unspecified atom stereocenters. The molecule has 1 fully saturated rings. The molecule has 1 N–H and O–H groups in total. The summed E-state index contributed by atoms with van der Waals surface area (Å²) in [5.41, 5.74) is -1.28. The van der Waals surface area contributed by atoms with Gasteiger partial charge in [-0.3, -0.25) is 0 Å². The number of nitrogens with one attached hydrogen (secondary N) is 1. The normalized spacial score (nSPS) is 18.2. The van der Waals surface area contributed by atoms with Gasteiger partial charge < -0.3 is 8.98 Å². The minimum absolute atomic E-state index is 0.125. The first-order valence-corrected chi connectivity index (χ1v) is 14.6. The Morgan fingerprint density at radius 3 is 1.81 bits per heavy atom. The maximum atomic E-state index is 15.2. The van der Waals surface area contributed by atoms with Gasteiger partial charge in [-0.1, -0.05) is 81.4 Å². The number of halogens is 1. The first kappa shape index (κ1) is 25.4. The molecule has 2 aromatic rings. The number of alkyl halides is 1. The first-order chi connectivity index (χ1) is 14.9. The zero-order chi connectivity index (χ0) is 23.6. The number of hydrogen-bond acceptors (Lipinski definition) is 3. The van der Waals surface area contributed by atoms with Gasteiger partial charge in [0.25, 0.3) is 8.32 Å². The van der Waals surface area contributed by atoms with Crippen molar-refractivity contribution in [1.29, 1.82) is 0 Å². The van der Waals surface area contributed by atoms with Gasteiger partial charge in [-0.25, -0.2) is 4.39 Å². The van der Waals surface area contributed by atoms with Gasteiger partial charge >= 0.3 is 0 Å². The Morgan fingerprint density at radius 2 is 1.44 bits per heavy atom. The van der Waals surface area contributed by atoms with E-state index < -0.39 is 36.1 Å². The lowest BCUT2D eigenvalue weighted by molar-refractivity contribution is 0.198. The van der Waals surface area contributed by atoms with Gasteiger partial charge in [0.2, 0.25) is 0 Å². The second-order valence-electron chi connectivity index (χ2n) is 10.9. The maximum absolute atomic E-state index is 15.2. The standard InChI is InChI=1S/C26H38FNO2SSi/c1-24(2,3)31(29)28-23(26(27)18-19-26)17-20-30-32(25(4,5)6,21-13-9-7-10-14-21)22-15-11-8-12-16-22/h7-16,23,28H,17-20H2,1-6H3/t23?,31-/m1/s1. The molecule has 0 radical (unpaired) electrons. The summed E-state index contributed by atoms with van der Waals surface area (Å²) in [6.07, 6.45) is 1.53. The molecule has 0 aliphatic heterocycles. The van der Waals surface area contributed by atoms with E-state index in [1.54, 1.807) is 0 Å². The molecule has 6 heteroatoms. The first-order valence-electron chi connectivity index (χ1n) is 11.5. The molecular formula is C26H38FNO2SSi. The summed E-state index contributed by atoms with van der Waals surface area (Å²) < 4.78 is 37.5. The lowest BCUT2D eigenvalue weighted by atomic mass is 10.1. The van der Waals surface area contributed by atoms with Crippen LogP contribution in [0.5, 0.6) is 0 Å². The lowest BCUT2D eigenvalue weighted by Crippen LogP contribution is -2.66. The highest BCUT2D eigenvalue weighted by Gasteiger charge is 2.54. The molecule has 0 saturated heterocycles. The van der Waals surface area contributed by atoms with Crippen molar-refractivity contribution in [1.82, 2.24) is 4.72 Å². The molecule has 176 valence electrons. The fraction of sp³-hybridized carbons (Fsp3) is 0.538. The molecule has 1 aliphatic rings. The van der Waals surface area contributed by atoms with Crippen molar-refractivity contribution in [2.24, 2.45) is 0 Å². The van der Waals surface area contributed by atoms with Crippen LogP contribution < -0.4 is 15.1 Å². The molecule has 2 aromatic carbocycles. The Labute approximate surface area is 197 Å². The molecule has 32 heavy (non-hydrogen) atoms. The van der Waals surface area contributed by atoms with Gasteiger partial charge in [0.15, 0.2) is 0 Å². The highest BCUT2D eigenvalue weighted by atomic mass is 32.2. The maximum Gasteiger partial charge on any atom is 0.261 e. The summed E-state index contributed by atoms with van der Waals surface area (Å²) >= 11 is -1.32. The van der Waals surface area contributed by atoms with E-state index in [1.807, 2.05) is 32.9 Å². The third-order valence-electron chi connectivity index (χ3n) is 6.30. The summed E-state index contributed by atoms with van der Waals surface area (Å²) in [5, 5.41) is 2.30. The molecule has 1 saturated carbocycles. The Morgan fingerprint density at radius 1 is 0.969 bits per heavy atom. The van der Waals surface area contributed by atoms with E-state index in [4.69, 9.17) is 4.43 Å². The number of rotatable bonds is 9. The molecular weight excluding hydrogens is 437 g/mol. The highest BCUT2D eigenvalue weighted by molar-refractivity contribution is 7.90. The molecule has 3 nitrogen and oxygen atoms in total. The minimum atomic E-state index is -2.66. The van der Waals surface area contributed by atoms with E-state index in [1.165, 1.54) is 10.4 Å². The molecule has 0 spiro atoms. The molecule has 0 heterocycles. The average Bonchev–Trinajstić information content (AvgIpc) is 3.48. The van der Waals surface area contributed by atoms with Crippen molar-refractivity contribution in [3.63, 3.8) is 0 Å². The fourth-order valence-corrected chi connectivity index (χ4v) is 9.81. The molecule has 1 aliphatic carbocycles. The Hall–Kier alpha value is -1.18. The molecule has 0 aromatic heterocycles. The van der Waals surface area contributed by atoms with Crippen LogP contribution in [0, 0.1) is 0 Å². The van der Waals surface area contributed by atoms with Crippen LogP contribution in [0.15, 0.2) is 60.7 Å². The molecule has 3 rings (SSSR count). The van der Waals surface area contributed by atoms with Gasteiger partial charge in [0.05, 0.1) is 6.04 Å². The minimum Gasteiger partial charge on any atom is -0.598 e. The Balaban J connectivity index is 1.89. The fourth-order valence-electron chi connectivity index (χ4n) is 4.29. The summed E-state index contributed by atoms with van der Waals surface area (Å²) in [7, 11) is -2.66. The zero-order valence-electron chi connectivity index (χ0n) is 20.3. The predicted octanol–water partition coefficient (Wildman–Crippen LogP) is 4.88. The summed E-state index contributed by atoms with van der Waals surface area (Å²) in [6.45, 7) is 12.8. The summed E-state index contributed by atoms with van der Waals surface area (Å²) in [5.74, 6) is 0. The van der Waals surface area contributed by atoms with Crippen LogP contribution in [0.25, 0.3) is 0 Å². The third-order valence-corrected chi connectivity index (χ3v) is 13.0. The second kappa shape index (κ2) is 9.59. The van der Waals surface area contributed by atoms with Crippen LogP contribution in [0.2, 0.25) is 5.04 Å². The van der Waals surface area contributed by atoms with Crippen LogP contribution in [-0.4, -0.2) is 35.9 Å². The van der Waals surface area contributed by atoms with E-state index in [-0.39, 0.29) is 5.04 Å². The third kappa shape index (κ3) is 5.48. The van der Waals surface area contributed by atoms with Crippen molar-refractivity contribution in [2.75, 3.05) is 6.61 Å². The predicted molar refractivity (Wildman–Crippen MR) is 136 cm³/mol. The van der Waals surface area contributed by atoms with Gasteiger partial charge in [-0.05, 0) is 55.4 Å². The Kier molecular flexibility index (Phi) is 7.62. The molecule has 0 bridgehead atoms. The van der Waals surface area contributed by atoms with Crippen molar-refractivity contribution in [3.8, 4) is 0 Å². The van der Waals surface area contributed by atoms with E-state index >= 15 is 4.39 Å². The van der Waals surface area contributed by atoms with E-state index in [0.717, 1.165) is 0 Å². The topological polar surface area (TPSA) is 44.3 Å². The van der Waals surface area contributed by atoms with Gasteiger partial charge in [0.1, 0.15) is 10.4 Å². The molecule has 2 atom stereocenters. The summed E-state index contributed by atoms with van der Waals surface area (Å²) in [6, 6.07) is 20.5. The van der Waals surface area contributed by atoms with Crippen molar-refractivity contribution in [2.45, 2.75) is 82.3 Å². The van der Waals surface area contributed by atoms with E-state index in [0.29, 0.717) is 25.9 Å². The van der Waals surface area contributed by atoms with Crippen LogP contribution in [0.1, 0.15) is 60.8 Å². The van der Waals surface area contributed by atoms with Crippen molar-refractivity contribution >= 4 is 30.1 Å². The van der Waals surface area contributed by atoms with Crippen molar-refractivity contribution in [3.05, 3.63) is 60.7 Å². The number of benzene rings is 2. The number of hydrogen-bond donors (Lipinski definition) is 1. The van der Waals surface area contributed by atoms with Gasteiger partial charge in [-0.15, -0.1) is 4.72 Å². The zero-order valence-corrected chi connectivity index (χ0v) is 22.1. The lowest BCUT2D eigenvalue weighted by Gasteiger charge is -2.43. The van der Waals surface area contributed by atoms with Gasteiger partial charge in [0, 0.05) is 18.0 Å². The Bertz CT molecular complexity index is 823. The van der Waals surface area contributed by atoms with E-state index in [9.17, 15) is 4.55 Å². The van der Waals surface area contributed by atoms with Crippen molar-refractivity contribution < 1.29 is 13.4 Å². The highest BCUT2D eigenvalue weighted by Crippen LogP contribution is 2.45. The second-order valence-corrected chi connectivity index (χ2v) is 17.2. The SMILES string of the molecule is CC(C)(C)[S@@+]([O-])NC(CCO[Si](c1ccccc1)(c1ccccc1)C(C)(C)C)C1(F)CC1. The van der Waals surface area contributed by atoms with Crippen LogP contribution in [0.3, 0.4) is 0 Å². The average molecular weight is 476 g/mol. The quantitative estimate of drug-likeness (QED) is 0.415. The molecule has 0 amide bonds. The largest absolute Gasteiger partial charge is 0.598 e. The van der Waals surface area contributed by atoms with Crippen LogP contribution >= 0.6 is 0 Å². The van der Waals surface area contributed by atoms with Gasteiger partial charge in [-0.2, -0.15) is 0 Å². The monoisotopic (exact) mass is 475 g/mol. The van der Waals surface area contributed by atoms with Crippen LogP contribution in [0.4, 0.5) is 4.39 Å².